The fraction of sp³-hybridized carbons (Fsp3) is 0.632. The van der Waals surface area contributed by atoms with Crippen molar-refractivity contribution >= 4 is 29.9 Å². The summed E-state index contributed by atoms with van der Waals surface area (Å²) in [6, 6.07) is 6.69. The van der Waals surface area contributed by atoms with Gasteiger partial charge in [-0.2, -0.15) is 0 Å². The molecule has 1 aromatic rings. The molecule has 0 radical (unpaired) electrons. The number of likely N-dealkylation sites (tertiary alicyclic amines) is 1. The van der Waals surface area contributed by atoms with Gasteiger partial charge in [0, 0.05) is 26.2 Å². The zero-order valence-corrected chi connectivity index (χ0v) is 17.8. The molecule has 1 aliphatic rings. The Labute approximate surface area is 168 Å². The van der Waals surface area contributed by atoms with Crippen molar-refractivity contribution in [1.29, 1.82) is 0 Å². The first kappa shape index (κ1) is 22.2. The summed E-state index contributed by atoms with van der Waals surface area (Å²) < 4.78 is 12.9. The molecule has 0 amide bonds. The zero-order valence-electron chi connectivity index (χ0n) is 15.4. The number of guanidine groups is 1. The summed E-state index contributed by atoms with van der Waals surface area (Å²) in [5.74, 6) is 1.36. The minimum absolute atomic E-state index is 0. The highest BCUT2D eigenvalue weighted by Gasteiger charge is 2.18. The molecule has 2 rings (SSSR count). The van der Waals surface area contributed by atoms with Crippen LogP contribution in [-0.2, 0) is 6.42 Å². The molecule has 1 unspecified atom stereocenters. The molecule has 0 aromatic heterocycles. The molecular weight excluding hydrogens is 430 g/mol. The minimum Gasteiger partial charge on any atom is -0.357 e. The molecule has 25 heavy (non-hydrogen) atoms. The Balaban J connectivity index is 0.00000312. The normalized spacial score (nSPS) is 18.5. The molecule has 1 atom stereocenters. The lowest BCUT2D eigenvalue weighted by Crippen LogP contribution is -2.40. The summed E-state index contributed by atoms with van der Waals surface area (Å²) in [7, 11) is 0. The van der Waals surface area contributed by atoms with E-state index in [1.54, 1.807) is 0 Å². The maximum Gasteiger partial charge on any atom is 0.191 e. The summed E-state index contributed by atoms with van der Waals surface area (Å²) in [4.78, 5) is 7.27. The topological polar surface area (TPSA) is 39.7 Å². The lowest BCUT2D eigenvalue weighted by molar-refractivity contribution is 0.186. The average Bonchev–Trinajstić information content (AvgIpc) is 2.61. The lowest BCUT2D eigenvalue weighted by atomic mass is 9.98. The van der Waals surface area contributed by atoms with E-state index in [4.69, 9.17) is 4.99 Å². The van der Waals surface area contributed by atoms with E-state index in [1.807, 2.05) is 12.1 Å². The second-order valence-electron chi connectivity index (χ2n) is 6.42. The van der Waals surface area contributed by atoms with Gasteiger partial charge in [0.15, 0.2) is 5.96 Å². The van der Waals surface area contributed by atoms with Crippen LogP contribution in [0.4, 0.5) is 4.39 Å². The summed E-state index contributed by atoms with van der Waals surface area (Å²) in [5.41, 5.74) is 1.13. The van der Waals surface area contributed by atoms with Gasteiger partial charge in [-0.3, -0.25) is 4.99 Å². The highest BCUT2D eigenvalue weighted by atomic mass is 127. The molecule has 1 heterocycles. The Bertz CT molecular complexity index is 507. The molecule has 2 N–H and O–H groups in total. The van der Waals surface area contributed by atoms with Crippen LogP contribution in [0.2, 0.25) is 0 Å². The van der Waals surface area contributed by atoms with Gasteiger partial charge in [-0.1, -0.05) is 19.1 Å². The zero-order chi connectivity index (χ0) is 17.2. The van der Waals surface area contributed by atoms with E-state index in [-0.39, 0.29) is 29.8 Å². The third kappa shape index (κ3) is 8.35. The van der Waals surface area contributed by atoms with E-state index < -0.39 is 0 Å². The van der Waals surface area contributed by atoms with E-state index >= 15 is 0 Å². The van der Waals surface area contributed by atoms with E-state index in [0.717, 1.165) is 50.7 Å². The number of nitrogens with one attached hydrogen (secondary N) is 2. The van der Waals surface area contributed by atoms with Crippen LogP contribution in [0.1, 0.15) is 32.3 Å². The van der Waals surface area contributed by atoms with Crippen molar-refractivity contribution in [2.45, 2.75) is 33.1 Å². The molecule has 6 heteroatoms. The first-order chi connectivity index (χ1) is 11.7. The number of piperidine rings is 1. The third-order valence-electron chi connectivity index (χ3n) is 4.52. The molecule has 1 aliphatic heterocycles. The van der Waals surface area contributed by atoms with Crippen LogP contribution in [0.25, 0.3) is 0 Å². The van der Waals surface area contributed by atoms with E-state index in [9.17, 15) is 4.39 Å². The third-order valence-corrected chi connectivity index (χ3v) is 4.52. The minimum atomic E-state index is -0.185. The van der Waals surface area contributed by atoms with Crippen molar-refractivity contribution in [1.82, 2.24) is 15.5 Å². The standard InChI is InChI=1S/C19H31FN4.HI/c1-3-21-19(22-12-11-16-7-9-18(20)10-8-16)23-14-17-6-5-13-24(4-2)15-17;/h7-10,17H,3-6,11-15H2,1-2H3,(H2,21,22,23);1H. The number of nitrogens with zero attached hydrogens (tertiary/aromatic N) is 2. The van der Waals surface area contributed by atoms with Gasteiger partial charge in [0.05, 0.1) is 0 Å². The average molecular weight is 462 g/mol. The van der Waals surface area contributed by atoms with Crippen molar-refractivity contribution < 1.29 is 4.39 Å². The van der Waals surface area contributed by atoms with Gasteiger partial charge in [-0.05, 0) is 62.9 Å². The summed E-state index contributed by atoms with van der Waals surface area (Å²) in [6.07, 6.45) is 3.41. The van der Waals surface area contributed by atoms with Crippen molar-refractivity contribution in [3.63, 3.8) is 0 Å². The molecule has 0 bridgehead atoms. The van der Waals surface area contributed by atoms with Crippen LogP contribution in [0.5, 0.6) is 0 Å². The number of hydrogen-bond acceptors (Lipinski definition) is 2. The Morgan fingerprint density at radius 2 is 2.00 bits per heavy atom. The molecule has 1 aromatic carbocycles. The van der Waals surface area contributed by atoms with E-state index in [1.165, 1.54) is 31.5 Å². The summed E-state index contributed by atoms with van der Waals surface area (Å²) in [6.45, 7) is 10.4. The van der Waals surface area contributed by atoms with E-state index in [0.29, 0.717) is 5.92 Å². The number of hydrogen-bond donors (Lipinski definition) is 2. The summed E-state index contributed by atoms with van der Waals surface area (Å²) in [5, 5.41) is 6.69. The number of rotatable bonds is 7. The largest absolute Gasteiger partial charge is 0.357 e. The first-order valence-electron chi connectivity index (χ1n) is 9.20. The maximum absolute atomic E-state index is 12.9. The molecule has 0 saturated carbocycles. The number of aliphatic imine (C=N–C) groups is 1. The molecule has 142 valence electrons. The molecule has 1 saturated heterocycles. The van der Waals surface area contributed by atoms with Gasteiger partial charge in [0.2, 0.25) is 0 Å². The van der Waals surface area contributed by atoms with Crippen molar-refractivity contribution in [3.8, 4) is 0 Å². The Hall–Kier alpha value is -0.890. The van der Waals surface area contributed by atoms with Crippen LogP contribution < -0.4 is 10.6 Å². The predicted molar refractivity (Wildman–Crippen MR) is 114 cm³/mol. The first-order valence-corrected chi connectivity index (χ1v) is 9.20. The van der Waals surface area contributed by atoms with Crippen molar-refractivity contribution in [2.75, 3.05) is 39.3 Å². The van der Waals surface area contributed by atoms with Gasteiger partial charge in [-0.25, -0.2) is 4.39 Å². The maximum atomic E-state index is 12.9. The lowest BCUT2D eigenvalue weighted by Gasteiger charge is -2.31. The van der Waals surface area contributed by atoms with Gasteiger partial charge < -0.3 is 15.5 Å². The molecule has 1 fully saturated rings. The smallest absolute Gasteiger partial charge is 0.191 e. The molecule has 0 spiro atoms. The predicted octanol–water partition coefficient (Wildman–Crippen LogP) is 3.27. The van der Waals surface area contributed by atoms with Gasteiger partial charge in [0.25, 0.3) is 0 Å². The number of benzene rings is 1. The Kier molecular flexibility index (Phi) is 11.0. The molecular formula is C19H32FIN4. The second kappa shape index (κ2) is 12.5. The molecule has 0 aliphatic carbocycles. The highest BCUT2D eigenvalue weighted by molar-refractivity contribution is 14.0. The van der Waals surface area contributed by atoms with Crippen LogP contribution >= 0.6 is 24.0 Å². The van der Waals surface area contributed by atoms with Crippen molar-refractivity contribution in [2.24, 2.45) is 10.9 Å². The molecule has 4 nitrogen and oxygen atoms in total. The SMILES string of the molecule is CCNC(=NCC1CCCN(CC)C1)NCCc1ccc(F)cc1.I. The highest BCUT2D eigenvalue weighted by Crippen LogP contribution is 2.16. The van der Waals surface area contributed by atoms with Crippen LogP contribution in [0, 0.1) is 11.7 Å². The quantitative estimate of drug-likeness (QED) is 0.371. The Morgan fingerprint density at radius 3 is 2.68 bits per heavy atom. The Morgan fingerprint density at radius 1 is 1.24 bits per heavy atom. The number of halogens is 2. The van der Waals surface area contributed by atoms with Crippen molar-refractivity contribution in [3.05, 3.63) is 35.6 Å². The van der Waals surface area contributed by atoms with Gasteiger partial charge in [0.1, 0.15) is 5.82 Å². The van der Waals surface area contributed by atoms with Gasteiger partial charge >= 0.3 is 0 Å². The summed E-state index contributed by atoms with van der Waals surface area (Å²) >= 11 is 0. The van der Waals surface area contributed by atoms with E-state index in [2.05, 4.69) is 29.4 Å². The van der Waals surface area contributed by atoms with Crippen LogP contribution in [-0.4, -0.2) is 50.1 Å². The fourth-order valence-corrected chi connectivity index (χ4v) is 3.13. The van der Waals surface area contributed by atoms with Gasteiger partial charge in [-0.15, -0.1) is 24.0 Å². The monoisotopic (exact) mass is 462 g/mol. The fourth-order valence-electron chi connectivity index (χ4n) is 3.13. The van der Waals surface area contributed by atoms with Crippen LogP contribution in [0.15, 0.2) is 29.3 Å². The second-order valence-corrected chi connectivity index (χ2v) is 6.42. The van der Waals surface area contributed by atoms with Crippen LogP contribution in [0.3, 0.4) is 0 Å².